The van der Waals surface area contributed by atoms with E-state index in [4.69, 9.17) is 10.5 Å². The van der Waals surface area contributed by atoms with Crippen LogP contribution in [0.2, 0.25) is 0 Å². The summed E-state index contributed by atoms with van der Waals surface area (Å²) in [6, 6.07) is 4.94. The summed E-state index contributed by atoms with van der Waals surface area (Å²) in [6.07, 6.45) is 0.724. The minimum atomic E-state index is -3.53. The van der Waals surface area contributed by atoms with Gasteiger partial charge in [-0.3, -0.25) is 0 Å². The number of nitrogens with one attached hydrogen (secondary N) is 1. The lowest BCUT2D eigenvalue weighted by atomic mass is 10.1. The van der Waals surface area contributed by atoms with Gasteiger partial charge in [-0.2, -0.15) is 0 Å². The Bertz CT molecular complexity index is 513. The van der Waals surface area contributed by atoms with Gasteiger partial charge in [0.2, 0.25) is 10.0 Å². The largest absolute Gasteiger partial charge is 0.399 e. The Morgan fingerprint density at radius 1 is 1.37 bits per heavy atom. The molecule has 5 nitrogen and oxygen atoms in total. The van der Waals surface area contributed by atoms with Gasteiger partial charge in [-0.25, -0.2) is 13.1 Å². The molecule has 3 N–H and O–H groups in total. The molecule has 0 unspecified atom stereocenters. The summed E-state index contributed by atoms with van der Waals surface area (Å²) in [5.74, 6) is 0. The third-order valence-corrected chi connectivity index (χ3v) is 4.15. The Labute approximate surface area is 115 Å². The molecule has 0 saturated carbocycles. The van der Waals surface area contributed by atoms with Crippen LogP contribution in [-0.4, -0.2) is 27.7 Å². The predicted octanol–water partition coefficient (Wildman–Crippen LogP) is 1.53. The molecule has 0 aliphatic heterocycles. The van der Waals surface area contributed by atoms with Gasteiger partial charge in [-0.05, 0) is 38.0 Å². The summed E-state index contributed by atoms with van der Waals surface area (Å²) in [5, 5.41) is 0. The molecule has 0 spiro atoms. The summed E-state index contributed by atoms with van der Waals surface area (Å²) in [5.41, 5.74) is 6.85. The maximum absolute atomic E-state index is 12.2. The molecule has 0 amide bonds. The van der Waals surface area contributed by atoms with Gasteiger partial charge in [-0.15, -0.1) is 0 Å². The molecule has 6 heteroatoms. The number of hydrogen-bond acceptors (Lipinski definition) is 4. The van der Waals surface area contributed by atoms with Gasteiger partial charge in [0.15, 0.2) is 0 Å². The van der Waals surface area contributed by atoms with E-state index in [1.807, 2.05) is 20.8 Å². The Kier molecular flexibility index (Phi) is 5.78. The van der Waals surface area contributed by atoms with Crippen LogP contribution in [0.5, 0.6) is 0 Å². The third-order valence-electron chi connectivity index (χ3n) is 2.61. The highest BCUT2D eigenvalue weighted by molar-refractivity contribution is 7.89. The van der Waals surface area contributed by atoms with Gasteiger partial charge in [0.05, 0.1) is 17.6 Å². The van der Waals surface area contributed by atoms with E-state index < -0.39 is 10.0 Å². The predicted molar refractivity (Wildman–Crippen MR) is 76.5 cm³/mol. The van der Waals surface area contributed by atoms with E-state index in [0.717, 1.165) is 5.56 Å². The molecular formula is C13H22N2O3S. The highest BCUT2D eigenvalue weighted by Crippen LogP contribution is 2.19. The van der Waals surface area contributed by atoms with E-state index >= 15 is 0 Å². The van der Waals surface area contributed by atoms with Crippen molar-refractivity contribution in [2.24, 2.45) is 0 Å². The van der Waals surface area contributed by atoms with Crippen molar-refractivity contribution >= 4 is 15.7 Å². The van der Waals surface area contributed by atoms with Gasteiger partial charge in [-0.1, -0.05) is 13.0 Å². The topological polar surface area (TPSA) is 81.4 Å². The maximum atomic E-state index is 12.2. The van der Waals surface area contributed by atoms with Crippen LogP contribution in [0.1, 0.15) is 26.3 Å². The zero-order chi connectivity index (χ0) is 14.5. The Morgan fingerprint density at radius 3 is 2.63 bits per heavy atom. The average Bonchev–Trinajstić information content (AvgIpc) is 2.34. The Balaban J connectivity index is 2.79. The molecule has 0 radical (unpaired) electrons. The number of aryl methyl sites for hydroxylation is 1. The SMILES string of the molecule is CCc1ccc(N)cc1S(=O)(=O)NCCOC(C)C. The smallest absolute Gasteiger partial charge is 0.240 e. The van der Waals surface area contributed by atoms with Gasteiger partial charge in [0.25, 0.3) is 0 Å². The summed E-state index contributed by atoms with van der Waals surface area (Å²) >= 11 is 0. The zero-order valence-corrected chi connectivity index (χ0v) is 12.5. The Hall–Kier alpha value is -1.11. The second-order valence-electron chi connectivity index (χ2n) is 4.54. The molecule has 0 saturated heterocycles. The number of benzene rings is 1. The minimum Gasteiger partial charge on any atom is -0.399 e. The van der Waals surface area contributed by atoms with Crippen LogP contribution in [0.25, 0.3) is 0 Å². The highest BCUT2D eigenvalue weighted by Gasteiger charge is 2.17. The molecule has 0 aromatic heterocycles. The fraction of sp³-hybridized carbons (Fsp3) is 0.538. The van der Waals surface area contributed by atoms with Crippen molar-refractivity contribution < 1.29 is 13.2 Å². The highest BCUT2D eigenvalue weighted by atomic mass is 32.2. The first-order chi connectivity index (χ1) is 8.86. The first-order valence-electron chi connectivity index (χ1n) is 6.36. The molecule has 19 heavy (non-hydrogen) atoms. The number of hydrogen-bond donors (Lipinski definition) is 2. The quantitative estimate of drug-likeness (QED) is 0.588. The fourth-order valence-electron chi connectivity index (χ4n) is 1.66. The minimum absolute atomic E-state index is 0.0862. The number of ether oxygens (including phenoxy) is 1. The molecule has 0 heterocycles. The summed E-state index contributed by atoms with van der Waals surface area (Å²) in [4.78, 5) is 0.250. The van der Waals surface area contributed by atoms with Crippen LogP contribution in [-0.2, 0) is 21.2 Å². The average molecular weight is 286 g/mol. The van der Waals surface area contributed by atoms with Crippen LogP contribution < -0.4 is 10.5 Å². The zero-order valence-electron chi connectivity index (χ0n) is 11.6. The molecule has 0 aliphatic carbocycles. The lowest BCUT2D eigenvalue weighted by molar-refractivity contribution is 0.0834. The van der Waals surface area contributed by atoms with E-state index in [-0.39, 0.29) is 17.5 Å². The normalized spacial score (nSPS) is 12.0. The van der Waals surface area contributed by atoms with Crippen molar-refractivity contribution in [1.29, 1.82) is 0 Å². The number of rotatable bonds is 7. The third kappa shape index (κ3) is 4.81. The molecule has 1 rings (SSSR count). The number of sulfonamides is 1. The second-order valence-corrected chi connectivity index (χ2v) is 6.27. The maximum Gasteiger partial charge on any atom is 0.240 e. The molecule has 0 bridgehead atoms. The first-order valence-corrected chi connectivity index (χ1v) is 7.84. The summed E-state index contributed by atoms with van der Waals surface area (Å²) in [6.45, 7) is 6.31. The van der Waals surface area contributed by atoms with Crippen LogP contribution in [0, 0.1) is 0 Å². The molecular weight excluding hydrogens is 264 g/mol. The molecule has 0 aliphatic rings. The van der Waals surface area contributed by atoms with E-state index in [9.17, 15) is 8.42 Å². The fourth-order valence-corrected chi connectivity index (χ4v) is 3.02. The standard InChI is InChI=1S/C13H22N2O3S/c1-4-11-5-6-12(14)9-13(11)19(16,17)15-7-8-18-10(2)3/h5-6,9-10,15H,4,7-8,14H2,1-3H3. The van der Waals surface area contributed by atoms with Crippen molar-refractivity contribution in [3.05, 3.63) is 23.8 Å². The lowest BCUT2D eigenvalue weighted by Crippen LogP contribution is -2.29. The number of anilines is 1. The molecule has 1 aromatic carbocycles. The number of nitrogens with two attached hydrogens (primary N) is 1. The van der Waals surface area contributed by atoms with Gasteiger partial charge < -0.3 is 10.5 Å². The first kappa shape index (κ1) is 15.9. The van der Waals surface area contributed by atoms with Crippen LogP contribution in [0.4, 0.5) is 5.69 Å². The Morgan fingerprint density at radius 2 is 2.05 bits per heavy atom. The van der Waals surface area contributed by atoms with Gasteiger partial charge in [0.1, 0.15) is 0 Å². The van der Waals surface area contributed by atoms with Crippen molar-refractivity contribution in [3.8, 4) is 0 Å². The van der Waals surface area contributed by atoms with Crippen molar-refractivity contribution in [1.82, 2.24) is 4.72 Å². The van der Waals surface area contributed by atoms with E-state index in [2.05, 4.69) is 4.72 Å². The molecule has 0 atom stereocenters. The van der Waals surface area contributed by atoms with Crippen molar-refractivity contribution in [3.63, 3.8) is 0 Å². The van der Waals surface area contributed by atoms with Gasteiger partial charge >= 0.3 is 0 Å². The van der Waals surface area contributed by atoms with Crippen LogP contribution in [0.3, 0.4) is 0 Å². The lowest BCUT2D eigenvalue weighted by Gasteiger charge is -2.12. The molecule has 1 aromatic rings. The van der Waals surface area contributed by atoms with E-state index in [0.29, 0.717) is 18.7 Å². The van der Waals surface area contributed by atoms with E-state index in [1.54, 1.807) is 12.1 Å². The van der Waals surface area contributed by atoms with E-state index in [1.165, 1.54) is 6.07 Å². The summed E-state index contributed by atoms with van der Waals surface area (Å²) in [7, 11) is -3.53. The molecule has 0 fully saturated rings. The van der Waals surface area contributed by atoms with Crippen molar-refractivity contribution in [2.75, 3.05) is 18.9 Å². The second kappa shape index (κ2) is 6.88. The van der Waals surface area contributed by atoms with Crippen LogP contribution >= 0.6 is 0 Å². The molecule has 108 valence electrons. The number of nitrogen functional groups attached to an aromatic ring is 1. The van der Waals surface area contributed by atoms with Crippen molar-refractivity contribution in [2.45, 2.75) is 38.2 Å². The van der Waals surface area contributed by atoms with Crippen LogP contribution in [0.15, 0.2) is 23.1 Å². The van der Waals surface area contributed by atoms with Gasteiger partial charge in [0, 0.05) is 12.2 Å². The summed E-state index contributed by atoms with van der Waals surface area (Å²) < 4.78 is 32.2. The monoisotopic (exact) mass is 286 g/mol.